The third-order valence-electron chi connectivity index (χ3n) is 6.84. The predicted molar refractivity (Wildman–Crippen MR) is 155 cm³/mol. The number of aromatic hydroxyl groups is 1. The van der Waals surface area contributed by atoms with Crippen LogP contribution in [0, 0.1) is 0 Å². The second-order valence-electron chi connectivity index (χ2n) is 9.75. The highest BCUT2D eigenvalue weighted by atomic mass is 16.3. The van der Waals surface area contributed by atoms with Crippen LogP contribution in [0.25, 0.3) is 27.8 Å². The van der Waals surface area contributed by atoms with E-state index >= 15 is 0 Å². The summed E-state index contributed by atoms with van der Waals surface area (Å²) in [6, 6.07) is 24.7. The molecule has 4 N–H and O–H groups in total. The maximum Gasteiger partial charge on any atom is 0.257 e. The third kappa shape index (κ3) is 5.92. The number of aromatic nitrogens is 3. The molecule has 0 aliphatic carbocycles. The zero-order chi connectivity index (χ0) is 28.1. The number of fused-ring (bicyclic) bond motifs is 1. The molecule has 0 fully saturated rings. The van der Waals surface area contributed by atoms with Gasteiger partial charge in [0.2, 0.25) is 5.91 Å². The first-order valence-corrected chi connectivity index (χ1v) is 13.3. The number of phenols is 1. The highest BCUT2D eigenvalue weighted by Crippen LogP contribution is 2.26. The lowest BCUT2D eigenvalue weighted by Crippen LogP contribution is -2.44. The second kappa shape index (κ2) is 11.9. The van der Waals surface area contributed by atoms with E-state index in [0.717, 1.165) is 58.4 Å². The molecule has 8 nitrogen and oxygen atoms in total. The first-order chi connectivity index (χ1) is 19.4. The molecular formula is C32H31N5O3. The molecule has 0 aliphatic rings. The molecule has 1 atom stereocenters. The molecule has 0 saturated heterocycles. The van der Waals surface area contributed by atoms with Crippen molar-refractivity contribution >= 4 is 22.6 Å². The number of hydrogen-bond acceptors (Lipinski definition) is 6. The van der Waals surface area contributed by atoms with E-state index in [1.165, 1.54) is 12.1 Å². The molecule has 2 heterocycles. The minimum absolute atomic E-state index is 0.133. The van der Waals surface area contributed by atoms with Crippen molar-refractivity contribution in [3.63, 3.8) is 0 Å². The molecule has 0 spiro atoms. The molecule has 0 aliphatic heterocycles. The van der Waals surface area contributed by atoms with Gasteiger partial charge in [-0.05, 0) is 66.6 Å². The fourth-order valence-corrected chi connectivity index (χ4v) is 4.65. The molecule has 40 heavy (non-hydrogen) atoms. The number of nitrogens with two attached hydrogens (primary N) is 1. The fourth-order valence-electron chi connectivity index (χ4n) is 4.65. The maximum absolute atomic E-state index is 12.7. The number of phenolic OH excluding ortho intramolecular Hbond substituents is 1. The molecular weight excluding hydrogens is 502 g/mol. The van der Waals surface area contributed by atoms with Crippen LogP contribution in [0.4, 0.5) is 0 Å². The van der Waals surface area contributed by atoms with Crippen LogP contribution < -0.4 is 11.1 Å². The minimum Gasteiger partial charge on any atom is -0.508 e. The largest absolute Gasteiger partial charge is 0.508 e. The highest BCUT2D eigenvalue weighted by Gasteiger charge is 2.19. The van der Waals surface area contributed by atoms with Gasteiger partial charge in [-0.15, -0.1) is 0 Å². The van der Waals surface area contributed by atoms with Gasteiger partial charge in [-0.1, -0.05) is 61.9 Å². The Hall–Kier alpha value is -4.82. The average Bonchev–Trinajstić information content (AvgIpc) is 3.47. The zero-order valence-corrected chi connectivity index (χ0v) is 22.2. The molecule has 202 valence electrons. The highest BCUT2D eigenvalue weighted by molar-refractivity contribution is 6.06. The number of pyridine rings is 1. The Bertz CT molecular complexity index is 1640. The van der Waals surface area contributed by atoms with Crippen LogP contribution in [0.3, 0.4) is 0 Å². The van der Waals surface area contributed by atoms with Crippen molar-refractivity contribution in [2.75, 3.05) is 0 Å². The number of hydrogen-bond donors (Lipinski definition) is 3. The molecule has 5 rings (SSSR count). The van der Waals surface area contributed by atoms with Crippen molar-refractivity contribution < 1.29 is 14.7 Å². The monoisotopic (exact) mass is 533 g/mol. The van der Waals surface area contributed by atoms with Crippen LogP contribution in [-0.4, -0.2) is 37.7 Å². The van der Waals surface area contributed by atoms with Crippen molar-refractivity contribution in [1.29, 1.82) is 0 Å². The Balaban J connectivity index is 1.32. The molecule has 5 aromatic rings. The first-order valence-electron chi connectivity index (χ1n) is 13.3. The first kappa shape index (κ1) is 26.8. The summed E-state index contributed by atoms with van der Waals surface area (Å²) in [7, 11) is 0. The summed E-state index contributed by atoms with van der Waals surface area (Å²) in [4.78, 5) is 30.2. The lowest BCUT2D eigenvalue weighted by atomic mass is 10.0. The van der Waals surface area contributed by atoms with Gasteiger partial charge >= 0.3 is 0 Å². The summed E-state index contributed by atoms with van der Waals surface area (Å²) in [5.41, 5.74) is 9.87. The summed E-state index contributed by atoms with van der Waals surface area (Å²) in [6.45, 7) is 2.17. The number of aryl methyl sites for hydroxylation is 1. The van der Waals surface area contributed by atoms with Crippen molar-refractivity contribution in [3.05, 3.63) is 108 Å². The van der Waals surface area contributed by atoms with Crippen molar-refractivity contribution in [2.45, 2.75) is 38.6 Å². The van der Waals surface area contributed by atoms with E-state index in [0.29, 0.717) is 5.56 Å². The van der Waals surface area contributed by atoms with Crippen LogP contribution in [0.5, 0.6) is 5.75 Å². The number of benzene rings is 3. The van der Waals surface area contributed by atoms with E-state index in [1.807, 2.05) is 41.1 Å². The molecule has 2 amide bonds. The van der Waals surface area contributed by atoms with Gasteiger partial charge in [-0.2, -0.15) is 5.10 Å². The molecule has 0 radical (unpaired) electrons. The van der Waals surface area contributed by atoms with E-state index in [9.17, 15) is 14.7 Å². The van der Waals surface area contributed by atoms with Gasteiger partial charge in [-0.3, -0.25) is 14.9 Å². The number of nitrogens with one attached hydrogen (secondary N) is 1. The number of nitrogens with zero attached hydrogens (tertiary/aromatic N) is 3. The van der Waals surface area contributed by atoms with Crippen LogP contribution >= 0.6 is 0 Å². The lowest BCUT2D eigenvalue weighted by molar-refractivity contribution is -0.121. The predicted octanol–water partition coefficient (Wildman–Crippen LogP) is 4.96. The Morgan fingerprint density at radius 2 is 1.75 bits per heavy atom. The molecule has 0 bridgehead atoms. The molecule has 8 heteroatoms. The van der Waals surface area contributed by atoms with Gasteiger partial charge in [-0.25, -0.2) is 9.67 Å². The SMILES string of the molecule is CCCCc1nc(-n2nccc2-c2ccc(C(=O)NC(=O)[C@@H](N)Cc3ccc(O)cc3)cc2)cc2ccccc12. The van der Waals surface area contributed by atoms with Gasteiger partial charge in [0.1, 0.15) is 5.75 Å². The second-order valence-corrected chi connectivity index (χ2v) is 9.75. The van der Waals surface area contributed by atoms with E-state index in [-0.39, 0.29) is 12.2 Å². The number of unbranched alkanes of at least 4 members (excludes halogenated alkanes) is 1. The van der Waals surface area contributed by atoms with Gasteiger partial charge in [0.05, 0.1) is 23.6 Å². The summed E-state index contributed by atoms with van der Waals surface area (Å²) < 4.78 is 1.81. The van der Waals surface area contributed by atoms with Crippen molar-refractivity contribution in [2.24, 2.45) is 5.73 Å². The van der Waals surface area contributed by atoms with E-state index in [4.69, 9.17) is 10.7 Å². The number of imide groups is 1. The smallest absolute Gasteiger partial charge is 0.257 e. The Kier molecular flexibility index (Phi) is 7.98. The zero-order valence-electron chi connectivity index (χ0n) is 22.2. The normalized spacial score (nSPS) is 11.8. The van der Waals surface area contributed by atoms with Gasteiger partial charge in [0, 0.05) is 16.5 Å². The van der Waals surface area contributed by atoms with Gasteiger partial charge in [0.25, 0.3) is 5.91 Å². The van der Waals surface area contributed by atoms with Crippen molar-refractivity contribution in [3.8, 4) is 22.8 Å². The number of rotatable bonds is 9. The summed E-state index contributed by atoms with van der Waals surface area (Å²) in [6.07, 6.45) is 5.00. The molecule has 2 aromatic heterocycles. The number of carbonyl (C=O) groups excluding carboxylic acids is 2. The van der Waals surface area contributed by atoms with Crippen LogP contribution in [0.15, 0.2) is 91.1 Å². The lowest BCUT2D eigenvalue weighted by Gasteiger charge is -2.13. The van der Waals surface area contributed by atoms with Crippen LogP contribution in [0.1, 0.15) is 41.4 Å². The summed E-state index contributed by atoms with van der Waals surface area (Å²) in [5.74, 6) is -0.224. The Morgan fingerprint density at radius 1 is 1.00 bits per heavy atom. The minimum atomic E-state index is -0.904. The standard InChI is InChI=1S/C32H31N5O3/c1-2-3-8-28-26-7-5-4-6-24(26)20-30(35-28)37-29(17-18-34-37)22-11-13-23(14-12-22)31(39)36-32(40)27(33)19-21-9-15-25(38)16-10-21/h4-7,9-18,20,27,38H,2-3,8,19,33H2,1H3,(H,36,39,40)/t27-/m0/s1. The summed E-state index contributed by atoms with van der Waals surface area (Å²) in [5, 5.41) is 18.6. The average molecular weight is 534 g/mol. The fraction of sp³-hybridized carbons (Fsp3) is 0.188. The van der Waals surface area contributed by atoms with Crippen molar-refractivity contribution in [1.82, 2.24) is 20.1 Å². The molecule has 0 saturated carbocycles. The third-order valence-corrected chi connectivity index (χ3v) is 6.84. The van der Waals surface area contributed by atoms with Crippen LogP contribution in [0.2, 0.25) is 0 Å². The summed E-state index contributed by atoms with van der Waals surface area (Å²) >= 11 is 0. The quantitative estimate of drug-likeness (QED) is 0.246. The Morgan fingerprint density at radius 3 is 2.50 bits per heavy atom. The maximum atomic E-state index is 12.7. The van der Waals surface area contributed by atoms with Gasteiger partial charge < -0.3 is 10.8 Å². The Labute approximate surface area is 232 Å². The molecule has 3 aromatic carbocycles. The number of amides is 2. The van der Waals surface area contributed by atoms with E-state index < -0.39 is 17.9 Å². The topological polar surface area (TPSA) is 123 Å². The van der Waals surface area contributed by atoms with E-state index in [1.54, 1.807) is 30.5 Å². The van der Waals surface area contributed by atoms with Crippen LogP contribution in [-0.2, 0) is 17.6 Å². The van der Waals surface area contributed by atoms with E-state index in [2.05, 4.69) is 29.5 Å². The number of carbonyl (C=O) groups is 2. The van der Waals surface area contributed by atoms with Gasteiger partial charge in [0.15, 0.2) is 5.82 Å². The molecule has 0 unspecified atom stereocenters.